The molecule has 2 N–H and O–H groups in total. The van der Waals surface area contributed by atoms with E-state index in [4.69, 9.17) is 4.74 Å². The van der Waals surface area contributed by atoms with Crippen LogP contribution >= 0.6 is 15.9 Å². The number of amides is 2. The predicted octanol–water partition coefficient (Wildman–Crippen LogP) is 3.32. The first-order chi connectivity index (χ1) is 11.6. The third-order valence-electron chi connectivity index (χ3n) is 3.00. The number of ether oxygens (including phenoxy) is 1. The van der Waals surface area contributed by atoms with Gasteiger partial charge in [-0.15, -0.1) is 0 Å². The van der Waals surface area contributed by atoms with Gasteiger partial charge in [-0.05, 0) is 55.0 Å². The molecule has 2 amide bonds. The summed E-state index contributed by atoms with van der Waals surface area (Å²) >= 11 is 3.36. The van der Waals surface area contributed by atoms with Gasteiger partial charge in [-0.1, -0.05) is 28.1 Å². The Morgan fingerprint density at radius 3 is 2.54 bits per heavy atom. The highest BCUT2D eigenvalue weighted by molar-refractivity contribution is 9.10. The number of hydrogen-bond donors (Lipinski definition) is 2. The van der Waals surface area contributed by atoms with Gasteiger partial charge in [0.2, 0.25) is 0 Å². The van der Waals surface area contributed by atoms with Crippen LogP contribution in [0.5, 0.6) is 5.75 Å². The first-order valence-electron chi connectivity index (χ1n) is 7.35. The predicted molar refractivity (Wildman–Crippen MR) is 96.4 cm³/mol. The van der Waals surface area contributed by atoms with Crippen LogP contribution in [0.2, 0.25) is 0 Å². The van der Waals surface area contributed by atoms with Crippen LogP contribution in [0.4, 0.5) is 0 Å². The largest absolute Gasteiger partial charge is 0.494 e. The summed E-state index contributed by atoms with van der Waals surface area (Å²) < 4.78 is 6.23. The van der Waals surface area contributed by atoms with Crippen molar-refractivity contribution in [3.63, 3.8) is 0 Å². The molecule has 2 aromatic rings. The molecule has 0 fully saturated rings. The third-order valence-corrected chi connectivity index (χ3v) is 3.50. The van der Waals surface area contributed by atoms with E-state index >= 15 is 0 Å². The molecule has 0 heterocycles. The van der Waals surface area contributed by atoms with Gasteiger partial charge in [0, 0.05) is 16.1 Å². The Hall–Kier alpha value is -2.60. The molecule has 0 atom stereocenters. The number of nitrogens with one attached hydrogen (secondary N) is 2. The molecule has 124 valence electrons. The zero-order valence-electron chi connectivity index (χ0n) is 13.1. The van der Waals surface area contributed by atoms with Gasteiger partial charge < -0.3 is 4.74 Å². The molecular formula is C18H17BrN2O3. The maximum Gasteiger partial charge on any atom is 0.269 e. The van der Waals surface area contributed by atoms with Crippen LogP contribution in [0.1, 0.15) is 22.8 Å². The summed E-state index contributed by atoms with van der Waals surface area (Å²) in [6.07, 6.45) is 3.00. The van der Waals surface area contributed by atoms with Crippen LogP contribution in [0.3, 0.4) is 0 Å². The van der Waals surface area contributed by atoms with Crippen LogP contribution in [0.15, 0.2) is 59.1 Å². The third kappa shape index (κ3) is 5.55. The quantitative estimate of drug-likeness (QED) is 0.609. The topological polar surface area (TPSA) is 67.4 Å². The molecule has 0 aliphatic heterocycles. The summed E-state index contributed by atoms with van der Waals surface area (Å²) in [4.78, 5) is 23.7. The van der Waals surface area contributed by atoms with Crippen LogP contribution in [-0.2, 0) is 4.79 Å². The Balaban J connectivity index is 1.85. The lowest BCUT2D eigenvalue weighted by Gasteiger charge is -2.07. The lowest BCUT2D eigenvalue weighted by molar-refractivity contribution is -0.117. The fourth-order valence-corrected chi connectivity index (χ4v) is 2.30. The van der Waals surface area contributed by atoms with Gasteiger partial charge >= 0.3 is 0 Å². The molecule has 0 aliphatic rings. The van der Waals surface area contributed by atoms with E-state index in [1.807, 2.05) is 31.2 Å². The second-order valence-corrected chi connectivity index (χ2v) is 5.70. The van der Waals surface area contributed by atoms with E-state index in [1.54, 1.807) is 30.3 Å². The van der Waals surface area contributed by atoms with Crippen molar-refractivity contribution < 1.29 is 14.3 Å². The monoisotopic (exact) mass is 388 g/mol. The minimum absolute atomic E-state index is 0.401. The van der Waals surface area contributed by atoms with Gasteiger partial charge in [0.15, 0.2) is 0 Å². The van der Waals surface area contributed by atoms with Gasteiger partial charge in [-0.25, -0.2) is 0 Å². The Kier molecular flexibility index (Phi) is 6.57. The highest BCUT2D eigenvalue weighted by Crippen LogP contribution is 2.13. The molecule has 5 nitrogen and oxygen atoms in total. The smallest absolute Gasteiger partial charge is 0.269 e. The van der Waals surface area contributed by atoms with Crippen LogP contribution < -0.4 is 15.6 Å². The number of halogens is 1. The van der Waals surface area contributed by atoms with Crippen LogP contribution in [0.25, 0.3) is 6.08 Å². The molecule has 6 heteroatoms. The average Bonchev–Trinajstić information content (AvgIpc) is 2.59. The minimum Gasteiger partial charge on any atom is -0.494 e. The summed E-state index contributed by atoms with van der Waals surface area (Å²) in [5.41, 5.74) is 5.99. The highest BCUT2D eigenvalue weighted by atomic mass is 79.9. The van der Waals surface area contributed by atoms with Crippen molar-refractivity contribution in [3.05, 3.63) is 70.2 Å². The highest BCUT2D eigenvalue weighted by Gasteiger charge is 2.06. The molecule has 0 spiro atoms. The number of carbonyl (C=O) groups excluding carboxylic acids is 2. The van der Waals surface area contributed by atoms with E-state index in [-0.39, 0.29) is 0 Å². The van der Waals surface area contributed by atoms with E-state index in [9.17, 15) is 9.59 Å². The van der Waals surface area contributed by atoms with Gasteiger partial charge in [0.1, 0.15) is 5.75 Å². The maximum absolute atomic E-state index is 11.9. The molecule has 0 unspecified atom stereocenters. The van der Waals surface area contributed by atoms with Gasteiger partial charge in [0.25, 0.3) is 11.8 Å². The number of benzene rings is 2. The van der Waals surface area contributed by atoms with Crippen molar-refractivity contribution >= 4 is 33.8 Å². The fraction of sp³-hybridized carbons (Fsp3) is 0.111. The summed E-state index contributed by atoms with van der Waals surface area (Å²) in [5.74, 6) is -0.133. The molecule has 0 radical (unpaired) electrons. The Morgan fingerprint density at radius 2 is 1.88 bits per heavy atom. The van der Waals surface area contributed by atoms with E-state index in [2.05, 4.69) is 26.8 Å². The number of carbonyl (C=O) groups is 2. The summed E-state index contributed by atoms with van der Waals surface area (Å²) in [7, 11) is 0. The molecule has 0 bridgehead atoms. The minimum atomic E-state index is -0.422. The van der Waals surface area contributed by atoms with Crippen molar-refractivity contribution in [2.75, 3.05) is 6.61 Å². The van der Waals surface area contributed by atoms with E-state index in [0.29, 0.717) is 17.9 Å². The van der Waals surface area contributed by atoms with E-state index < -0.39 is 11.8 Å². The Morgan fingerprint density at radius 1 is 1.12 bits per heavy atom. The molecule has 0 saturated heterocycles. The Bertz CT molecular complexity index is 742. The normalized spacial score (nSPS) is 10.4. The van der Waals surface area contributed by atoms with Crippen molar-refractivity contribution in [1.82, 2.24) is 10.9 Å². The zero-order valence-corrected chi connectivity index (χ0v) is 14.7. The van der Waals surface area contributed by atoms with Crippen molar-refractivity contribution in [2.24, 2.45) is 0 Å². The van der Waals surface area contributed by atoms with Crippen molar-refractivity contribution in [2.45, 2.75) is 6.92 Å². The molecular weight excluding hydrogens is 372 g/mol. The van der Waals surface area contributed by atoms with Gasteiger partial charge in [-0.3, -0.25) is 20.4 Å². The fourth-order valence-electron chi connectivity index (χ4n) is 1.88. The summed E-state index contributed by atoms with van der Waals surface area (Å²) in [6.45, 7) is 2.45. The van der Waals surface area contributed by atoms with Crippen LogP contribution in [0, 0.1) is 0 Å². The lowest BCUT2D eigenvalue weighted by atomic mass is 10.2. The first kappa shape index (κ1) is 17.7. The second kappa shape index (κ2) is 8.88. The zero-order chi connectivity index (χ0) is 17.4. The molecule has 0 saturated carbocycles. The standard InChI is InChI=1S/C18H17BrN2O3/c1-2-24-16-9-7-14(8-10-16)18(23)21-20-17(22)11-6-13-4-3-5-15(19)12-13/h3-12H,2H2,1H3,(H,20,22)(H,21,23)/b11-6+. The average molecular weight is 389 g/mol. The molecule has 24 heavy (non-hydrogen) atoms. The SMILES string of the molecule is CCOc1ccc(C(=O)NNC(=O)/C=C/c2cccc(Br)c2)cc1. The second-order valence-electron chi connectivity index (χ2n) is 4.79. The summed E-state index contributed by atoms with van der Waals surface area (Å²) in [5, 5.41) is 0. The molecule has 2 aromatic carbocycles. The maximum atomic E-state index is 11.9. The van der Waals surface area contributed by atoms with Gasteiger partial charge in [0.05, 0.1) is 6.61 Å². The van der Waals surface area contributed by atoms with Crippen molar-refractivity contribution in [1.29, 1.82) is 0 Å². The van der Waals surface area contributed by atoms with Gasteiger partial charge in [-0.2, -0.15) is 0 Å². The molecule has 2 rings (SSSR count). The van der Waals surface area contributed by atoms with Crippen LogP contribution in [-0.4, -0.2) is 18.4 Å². The number of rotatable bonds is 5. The number of hydrazine groups is 1. The Labute approximate surface area is 148 Å². The van der Waals surface area contributed by atoms with Crippen molar-refractivity contribution in [3.8, 4) is 5.75 Å². The lowest BCUT2D eigenvalue weighted by Crippen LogP contribution is -2.40. The first-order valence-corrected chi connectivity index (χ1v) is 8.14. The molecule has 0 aliphatic carbocycles. The summed E-state index contributed by atoms with van der Waals surface area (Å²) in [6, 6.07) is 14.2. The van der Waals surface area contributed by atoms with E-state index in [1.165, 1.54) is 6.08 Å². The molecule has 0 aromatic heterocycles. The number of hydrogen-bond acceptors (Lipinski definition) is 3. The van der Waals surface area contributed by atoms with E-state index in [0.717, 1.165) is 10.0 Å².